The molecule has 0 heterocycles. The van der Waals surface area contributed by atoms with Gasteiger partial charge in [-0.3, -0.25) is 5.43 Å². The molecular weight excluding hydrogens is 319 g/mol. The van der Waals surface area contributed by atoms with Crippen molar-refractivity contribution in [3.8, 4) is 0 Å². The summed E-state index contributed by atoms with van der Waals surface area (Å²) in [5.41, 5.74) is 6.31. The second-order valence-electron chi connectivity index (χ2n) is 6.21. The van der Waals surface area contributed by atoms with Gasteiger partial charge in [0.15, 0.2) is 0 Å². The summed E-state index contributed by atoms with van der Waals surface area (Å²) in [4.78, 5) is 11.8. The van der Waals surface area contributed by atoms with Crippen LogP contribution in [0.2, 0.25) is 0 Å². The van der Waals surface area contributed by atoms with E-state index in [1.807, 2.05) is 36.6 Å². The van der Waals surface area contributed by atoms with Gasteiger partial charge in [-0.2, -0.15) is 0 Å². The molecule has 25 heavy (non-hydrogen) atoms. The maximum Gasteiger partial charge on any atom is 0.350 e. The Hall–Kier alpha value is -2.70. The molecule has 5 N–H and O–H groups in total. The first-order chi connectivity index (χ1) is 12.0. The molecular formula is C19H21FN4O. The van der Waals surface area contributed by atoms with Crippen LogP contribution in [0.5, 0.6) is 0 Å². The van der Waals surface area contributed by atoms with Crippen LogP contribution in [0, 0.1) is 12.7 Å². The van der Waals surface area contributed by atoms with E-state index in [0.717, 1.165) is 40.1 Å². The van der Waals surface area contributed by atoms with Gasteiger partial charge in [-0.15, -0.1) is 0 Å². The summed E-state index contributed by atoms with van der Waals surface area (Å²) >= 11 is 0. The first-order valence-corrected chi connectivity index (χ1v) is 8.14. The predicted molar refractivity (Wildman–Crippen MR) is 97.9 cm³/mol. The number of halogens is 1. The van der Waals surface area contributed by atoms with Crippen LogP contribution in [0.1, 0.15) is 41.0 Å². The number of aryl methyl sites for hydroxylation is 1. The van der Waals surface area contributed by atoms with Crippen molar-refractivity contribution in [2.24, 2.45) is 11.7 Å². The summed E-state index contributed by atoms with van der Waals surface area (Å²) in [6, 6.07) is 9.72. The number of benzene rings is 2. The topological polar surface area (TPSA) is 84.4 Å². The maximum atomic E-state index is 13.5. The third-order valence-corrected chi connectivity index (χ3v) is 4.41. The van der Waals surface area contributed by atoms with Crippen molar-refractivity contribution in [1.82, 2.24) is 5.43 Å². The Morgan fingerprint density at radius 1 is 1.28 bits per heavy atom. The molecule has 0 aliphatic heterocycles. The van der Waals surface area contributed by atoms with E-state index in [1.54, 1.807) is 12.1 Å². The molecule has 1 saturated carbocycles. The third kappa shape index (κ3) is 3.70. The molecule has 0 saturated heterocycles. The first-order valence-electron chi connectivity index (χ1n) is 8.14. The number of hydrogen-bond acceptors (Lipinski definition) is 3. The molecule has 130 valence electrons. The van der Waals surface area contributed by atoms with Gasteiger partial charge >= 0.3 is 6.03 Å². The summed E-state index contributed by atoms with van der Waals surface area (Å²) in [7, 11) is 0. The van der Waals surface area contributed by atoms with E-state index in [0.29, 0.717) is 11.6 Å². The Morgan fingerprint density at radius 2 is 2.04 bits per heavy atom. The lowest BCUT2D eigenvalue weighted by Crippen LogP contribution is -2.48. The fourth-order valence-corrected chi connectivity index (χ4v) is 2.86. The van der Waals surface area contributed by atoms with Gasteiger partial charge in [-0.05, 0) is 60.6 Å². The molecule has 0 atom stereocenters. The van der Waals surface area contributed by atoms with E-state index in [1.165, 1.54) is 12.1 Å². The van der Waals surface area contributed by atoms with E-state index in [-0.39, 0.29) is 5.82 Å². The minimum atomic E-state index is -0.607. The quantitative estimate of drug-likeness (QED) is 0.345. The predicted octanol–water partition coefficient (Wildman–Crippen LogP) is 3.45. The van der Waals surface area contributed by atoms with Crippen molar-refractivity contribution in [2.75, 3.05) is 5.01 Å². The molecule has 0 spiro atoms. The van der Waals surface area contributed by atoms with Gasteiger partial charge in [0.25, 0.3) is 0 Å². The zero-order chi connectivity index (χ0) is 18.0. The van der Waals surface area contributed by atoms with Crippen molar-refractivity contribution >= 4 is 23.9 Å². The standard InChI is InChI=1S/C19H21FN4O/c1-12-5-9-15(20)11-14(12)8-10-17-16(13-6-7-13)3-2-4-18(17)24(22)19(25)23-21/h2-5,8-11,13H,6-7,21-22H2,1H3,(H,23,25)/b10-8+. The van der Waals surface area contributed by atoms with Crippen LogP contribution in [-0.4, -0.2) is 6.03 Å². The van der Waals surface area contributed by atoms with Crippen LogP contribution in [0.3, 0.4) is 0 Å². The van der Waals surface area contributed by atoms with E-state index >= 15 is 0 Å². The number of amides is 2. The largest absolute Gasteiger partial charge is 0.350 e. The average Bonchev–Trinajstić information content (AvgIpc) is 3.46. The normalized spacial score (nSPS) is 13.9. The number of carbonyl (C=O) groups is 1. The van der Waals surface area contributed by atoms with E-state index in [2.05, 4.69) is 0 Å². The zero-order valence-corrected chi connectivity index (χ0v) is 14.0. The van der Waals surface area contributed by atoms with Gasteiger partial charge in [0.05, 0.1) is 5.69 Å². The lowest BCUT2D eigenvalue weighted by Gasteiger charge is -2.20. The monoisotopic (exact) mass is 340 g/mol. The summed E-state index contributed by atoms with van der Waals surface area (Å²) in [6.45, 7) is 1.92. The number of anilines is 1. The molecule has 0 radical (unpaired) electrons. The number of rotatable bonds is 4. The lowest BCUT2D eigenvalue weighted by molar-refractivity contribution is 0.246. The average molecular weight is 340 g/mol. The molecule has 2 amide bonds. The van der Waals surface area contributed by atoms with E-state index in [4.69, 9.17) is 11.7 Å². The minimum Gasteiger partial charge on any atom is -0.274 e. The molecule has 6 heteroatoms. The Labute approximate surface area is 146 Å². The van der Waals surface area contributed by atoms with E-state index < -0.39 is 6.03 Å². The number of hydrogen-bond donors (Lipinski definition) is 3. The van der Waals surface area contributed by atoms with Crippen LogP contribution < -0.4 is 22.1 Å². The summed E-state index contributed by atoms with van der Waals surface area (Å²) in [5, 5.41) is 0.990. The van der Waals surface area contributed by atoms with Crippen molar-refractivity contribution in [3.05, 3.63) is 64.5 Å². The number of nitrogens with one attached hydrogen (secondary N) is 1. The highest BCUT2D eigenvalue weighted by molar-refractivity contribution is 5.94. The number of nitrogens with zero attached hydrogens (tertiary/aromatic N) is 1. The van der Waals surface area contributed by atoms with Gasteiger partial charge in [0.2, 0.25) is 0 Å². The smallest absolute Gasteiger partial charge is 0.274 e. The highest BCUT2D eigenvalue weighted by Crippen LogP contribution is 2.44. The second-order valence-corrected chi connectivity index (χ2v) is 6.21. The number of hydrazine groups is 2. The van der Waals surface area contributed by atoms with Gasteiger partial charge in [-0.1, -0.05) is 30.4 Å². The van der Waals surface area contributed by atoms with Crippen LogP contribution in [0.4, 0.5) is 14.9 Å². The fourth-order valence-electron chi connectivity index (χ4n) is 2.86. The van der Waals surface area contributed by atoms with Crippen LogP contribution in [-0.2, 0) is 0 Å². The highest BCUT2D eigenvalue weighted by Gasteiger charge is 2.27. The van der Waals surface area contributed by atoms with Crippen molar-refractivity contribution in [1.29, 1.82) is 0 Å². The Balaban J connectivity index is 2.05. The van der Waals surface area contributed by atoms with Gasteiger partial charge in [0.1, 0.15) is 5.82 Å². The molecule has 1 fully saturated rings. The first kappa shape index (κ1) is 17.1. The third-order valence-electron chi connectivity index (χ3n) is 4.41. The van der Waals surface area contributed by atoms with Gasteiger partial charge in [-0.25, -0.2) is 25.9 Å². The van der Waals surface area contributed by atoms with Crippen LogP contribution in [0.15, 0.2) is 36.4 Å². The zero-order valence-electron chi connectivity index (χ0n) is 14.0. The Kier molecular flexibility index (Phi) is 4.83. The Bertz CT molecular complexity index is 830. The number of nitrogens with two attached hydrogens (primary N) is 2. The van der Waals surface area contributed by atoms with Gasteiger partial charge < -0.3 is 0 Å². The van der Waals surface area contributed by atoms with Crippen LogP contribution in [0.25, 0.3) is 12.2 Å². The Morgan fingerprint density at radius 3 is 2.72 bits per heavy atom. The van der Waals surface area contributed by atoms with Crippen molar-refractivity contribution in [2.45, 2.75) is 25.7 Å². The molecule has 0 aromatic heterocycles. The van der Waals surface area contributed by atoms with Gasteiger partial charge in [0, 0.05) is 5.56 Å². The maximum absolute atomic E-state index is 13.5. The SMILES string of the molecule is Cc1ccc(F)cc1/C=C/c1c(C2CC2)cccc1N(N)C(=O)NN. The molecule has 0 unspecified atom stereocenters. The number of urea groups is 1. The molecule has 0 bridgehead atoms. The molecule has 1 aliphatic carbocycles. The van der Waals surface area contributed by atoms with Crippen molar-refractivity contribution < 1.29 is 9.18 Å². The molecule has 3 rings (SSSR count). The molecule has 2 aromatic rings. The highest BCUT2D eigenvalue weighted by atomic mass is 19.1. The molecule has 5 nitrogen and oxygen atoms in total. The van der Waals surface area contributed by atoms with Crippen molar-refractivity contribution in [3.63, 3.8) is 0 Å². The summed E-state index contributed by atoms with van der Waals surface area (Å²) < 4.78 is 13.5. The summed E-state index contributed by atoms with van der Waals surface area (Å²) in [6.07, 6.45) is 5.94. The summed E-state index contributed by atoms with van der Waals surface area (Å²) in [5.74, 6) is 11.3. The van der Waals surface area contributed by atoms with E-state index in [9.17, 15) is 9.18 Å². The molecule has 2 aromatic carbocycles. The second kappa shape index (κ2) is 7.04. The molecule has 1 aliphatic rings. The fraction of sp³-hybridized carbons (Fsp3) is 0.211. The number of carbonyl (C=O) groups excluding carboxylic acids is 1. The van der Waals surface area contributed by atoms with Crippen LogP contribution >= 0.6 is 0 Å². The lowest BCUT2D eigenvalue weighted by atomic mass is 9.99. The minimum absolute atomic E-state index is 0.288.